The molecule has 4 nitrogen and oxygen atoms in total. The van der Waals surface area contributed by atoms with Gasteiger partial charge >= 0.3 is 0 Å². The molecule has 2 unspecified atom stereocenters. The zero-order valence-corrected chi connectivity index (χ0v) is 18.9. The summed E-state index contributed by atoms with van der Waals surface area (Å²) in [5.41, 5.74) is 2.85. The maximum atomic E-state index is 4.74. The van der Waals surface area contributed by atoms with E-state index in [4.69, 9.17) is 4.99 Å². The number of nitrogens with zero attached hydrogens (tertiary/aromatic N) is 2. The van der Waals surface area contributed by atoms with Gasteiger partial charge in [-0.2, -0.15) is 0 Å². The van der Waals surface area contributed by atoms with Crippen molar-refractivity contribution >= 4 is 41.3 Å². The first-order valence-corrected chi connectivity index (χ1v) is 10.1. The quantitative estimate of drug-likeness (QED) is 0.350. The zero-order valence-electron chi connectivity index (χ0n) is 15.8. The van der Waals surface area contributed by atoms with Gasteiger partial charge in [0.05, 0.1) is 5.01 Å². The van der Waals surface area contributed by atoms with Crippen LogP contribution in [0.3, 0.4) is 0 Å². The third-order valence-corrected chi connectivity index (χ3v) is 5.79. The van der Waals surface area contributed by atoms with Crippen LogP contribution in [0.4, 0.5) is 0 Å². The Morgan fingerprint density at radius 3 is 2.81 bits per heavy atom. The first-order valence-electron chi connectivity index (χ1n) is 9.25. The van der Waals surface area contributed by atoms with Crippen LogP contribution in [0, 0.1) is 6.92 Å². The highest BCUT2D eigenvalue weighted by Gasteiger charge is 2.39. The van der Waals surface area contributed by atoms with Crippen LogP contribution >= 0.6 is 35.3 Å². The molecule has 2 N–H and O–H groups in total. The van der Waals surface area contributed by atoms with Crippen molar-refractivity contribution in [1.82, 2.24) is 15.6 Å². The summed E-state index contributed by atoms with van der Waals surface area (Å²) in [5.74, 6) is 1.53. The minimum Gasteiger partial charge on any atom is -0.357 e. The number of nitrogens with one attached hydrogen (secondary N) is 2. The Morgan fingerprint density at radius 1 is 1.31 bits per heavy atom. The second-order valence-corrected chi connectivity index (χ2v) is 7.73. The van der Waals surface area contributed by atoms with Crippen LogP contribution in [-0.2, 0) is 12.8 Å². The number of hydrogen-bond donors (Lipinski definition) is 2. The number of aromatic nitrogens is 1. The van der Waals surface area contributed by atoms with Crippen LogP contribution in [0.25, 0.3) is 0 Å². The summed E-state index contributed by atoms with van der Waals surface area (Å²) < 4.78 is 0. The predicted molar refractivity (Wildman–Crippen MR) is 122 cm³/mol. The van der Waals surface area contributed by atoms with E-state index in [9.17, 15) is 0 Å². The third kappa shape index (κ3) is 5.67. The topological polar surface area (TPSA) is 49.3 Å². The molecule has 1 aliphatic carbocycles. The molecule has 1 aliphatic rings. The van der Waals surface area contributed by atoms with Crippen molar-refractivity contribution in [3.8, 4) is 0 Å². The lowest BCUT2D eigenvalue weighted by molar-refractivity contribution is 0.790. The number of rotatable bonds is 7. The van der Waals surface area contributed by atoms with Crippen LogP contribution < -0.4 is 10.6 Å². The normalized spacial score (nSPS) is 19.0. The summed E-state index contributed by atoms with van der Waals surface area (Å²) in [7, 11) is 0. The van der Waals surface area contributed by atoms with E-state index in [0.717, 1.165) is 31.9 Å². The van der Waals surface area contributed by atoms with Crippen LogP contribution in [0.5, 0.6) is 0 Å². The van der Waals surface area contributed by atoms with Gasteiger partial charge in [-0.25, -0.2) is 4.98 Å². The smallest absolute Gasteiger partial charge is 0.191 e. The van der Waals surface area contributed by atoms with Gasteiger partial charge in [-0.05, 0) is 37.8 Å². The van der Waals surface area contributed by atoms with Crippen molar-refractivity contribution in [2.24, 2.45) is 4.99 Å². The lowest BCUT2D eigenvalue weighted by Gasteiger charge is -2.11. The summed E-state index contributed by atoms with van der Waals surface area (Å²) >= 11 is 1.80. The average Bonchev–Trinajstić information content (AvgIpc) is 3.21. The maximum absolute atomic E-state index is 4.74. The van der Waals surface area contributed by atoms with Gasteiger partial charge in [0.15, 0.2) is 5.96 Å². The predicted octanol–water partition coefficient (Wildman–Crippen LogP) is 4.29. The first-order chi connectivity index (χ1) is 12.2. The van der Waals surface area contributed by atoms with Crippen molar-refractivity contribution in [2.75, 3.05) is 13.1 Å². The van der Waals surface area contributed by atoms with Crippen molar-refractivity contribution in [2.45, 2.75) is 52.0 Å². The largest absolute Gasteiger partial charge is 0.357 e. The number of aliphatic imine (C=N–C) groups is 1. The zero-order chi connectivity index (χ0) is 17.6. The van der Waals surface area contributed by atoms with Gasteiger partial charge in [-0.3, -0.25) is 4.99 Å². The summed E-state index contributed by atoms with van der Waals surface area (Å²) in [6, 6.07) is 9.18. The molecule has 1 saturated carbocycles. The summed E-state index contributed by atoms with van der Waals surface area (Å²) in [6.07, 6.45) is 5.14. The Hall–Kier alpha value is -1.15. The standard InChI is InChI=1S/C20H28N4S.HI/c1-4-15-13-23-19(25-15)10-11-22-20(21-5-2)24-18-12-17(18)16-9-7-6-8-14(16)3;/h6-9,13,17-18H,4-5,10-12H2,1-3H3,(H2,21,22,24);1H. The van der Waals surface area contributed by atoms with E-state index in [1.165, 1.54) is 27.4 Å². The molecule has 1 fully saturated rings. The van der Waals surface area contributed by atoms with E-state index < -0.39 is 0 Å². The van der Waals surface area contributed by atoms with Crippen molar-refractivity contribution < 1.29 is 0 Å². The number of halogens is 1. The molecule has 0 amide bonds. The molecule has 6 heteroatoms. The lowest BCUT2D eigenvalue weighted by atomic mass is 10.0. The number of thiazole rings is 1. The maximum Gasteiger partial charge on any atom is 0.191 e. The molecule has 0 spiro atoms. The molecule has 0 saturated heterocycles. The molecule has 2 aromatic rings. The van der Waals surface area contributed by atoms with E-state index in [2.05, 4.69) is 60.7 Å². The molecular formula is C20H29IN4S. The van der Waals surface area contributed by atoms with Crippen molar-refractivity contribution in [3.05, 3.63) is 51.5 Å². The van der Waals surface area contributed by atoms with Crippen LogP contribution in [0.1, 0.15) is 47.2 Å². The van der Waals surface area contributed by atoms with Crippen molar-refractivity contribution in [3.63, 3.8) is 0 Å². The van der Waals surface area contributed by atoms with E-state index in [0.29, 0.717) is 12.0 Å². The Morgan fingerprint density at radius 2 is 2.12 bits per heavy atom. The molecule has 142 valence electrons. The highest BCUT2D eigenvalue weighted by Crippen LogP contribution is 2.41. The second-order valence-electron chi connectivity index (χ2n) is 6.53. The minimum atomic E-state index is 0. The van der Waals surface area contributed by atoms with E-state index in [1.54, 1.807) is 11.3 Å². The van der Waals surface area contributed by atoms with Crippen LogP contribution in [-0.4, -0.2) is 30.1 Å². The highest BCUT2D eigenvalue weighted by molar-refractivity contribution is 14.0. The number of aryl methyl sites for hydroxylation is 2. The molecule has 0 bridgehead atoms. The molecule has 0 aliphatic heterocycles. The average molecular weight is 484 g/mol. The second kappa shape index (κ2) is 10.3. The highest BCUT2D eigenvalue weighted by atomic mass is 127. The summed E-state index contributed by atoms with van der Waals surface area (Å²) in [4.78, 5) is 10.6. The van der Waals surface area contributed by atoms with Gasteiger partial charge in [0, 0.05) is 42.5 Å². The SMILES string of the molecule is CCNC(=NCCc1ncc(CC)s1)NC1CC1c1ccccc1C.I. The number of hydrogen-bond acceptors (Lipinski definition) is 3. The Balaban J connectivity index is 0.00000243. The van der Waals surface area contributed by atoms with Crippen LogP contribution in [0.2, 0.25) is 0 Å². The van der Waals surface area contributed by atoms with Gasteiger partial charge in [0.25, 0.3) is 0 Å². The van der Waals surface area contributed by atoms with Gasteiger partial charge in [-0.15, -0.1) is 35.3 Å². The van der Waals surface area contributed by atoms with E-state index in [-0.39, 0.29) is 24.0 Å². The van der Waals surface area contributed by atoms with Crippen molar-refractivity contribution in [1.29, 1.82) is 0 Å². The molecule has 1 heterocycles. The monoisotopic (exact) mass is 484 g/mol. The fourth-order valence-electron chi connectivity index (χ4n) is 3.09. The molecule has 0 radical (unpaired) electrons. The van der Waals surface area contributed by atoms with E-state index >= 15 is 0 Å². The third-order valence-electron chi connectivity index (χ3n) is 4.59. The van der Waals surface area contributed by atoms with Gasteiger partial charge < -0.3 is 10.6 Å². The Kier molecular flexibility index (Phi) is 8.34. The lowest BCUT2D eigenvalue weighted by Crippen LogP contribution is -2.39. The Labute approximate surface area is 177 Å². The first kappa shape index (κ1) is 21.2. The van der Waals surface area contributed by atoms with Gasteiger partial charge in [0.2, 0.25) is 0 Å². The van der Waals surface area contributed by atoms with Gasteiger partial charge in [0.1, 0.15) is 0 Å². The fraction of sp³-hybridized carbons (Fsp3) is 0.500. The number of guanidine groups is 1. The molecule has 2 atom stereocenters. The molecule has 26 heavy (non-hydrogen) atoms. The fourth-order valence-corrected chi connectivity index (χ4v) is 3.94. The summed E-state index contributed by atoms with van der Waals surface area (Å²) in [5, 5.41) is 8.14. The van der Waals surface area contributed by atoms with E-state index in [1.807, 2.05) is 6.20 Å². The summed E-state index contributed by atoms with van der Waals surface area (Å²) in [6.45, 7) is 8.13. The molecule has 3 rings (SSSR count). The minimum absolute atomic E-state index is 0. The molecule has 1 aromatic carbocycles. The molecule has 1 aromatic heterocycles. The molecular weight excluding hydrogens is 455 g/mol. The Bertz CT molecular complexity index is 728. The number of benzene rings is 1. The van der Waals surface area contributed by atoms with Gasteiger partial charge in [-0.1, -0.05) is 31.2 Å². The van der Waals surface area contributed by atoms with Crippen LogP contribution in [0.15, 0.2) is 35.5 Å².